The van der Waals surface area contributed by atoms with Crippen LogP contribution in [0.5, 0.6) is 0 Å². The van der Waals surface area contributed by atoms with Crippen molar-refractivity contribution >= 4 is 34.9 Å². The van der Waals surface area contributed by atoms with Gasteiger partial charge in [-0.1, -0.05) is 93.1 Å². The largest absolute Gasteiger partial charge is 0.481 e. The van der Waals surface area contributed by atoms with Gasteiger partial charge in [0.15, 0.2) is 0 Å². The van der Waals surface area contributed by atoms with Gasteiger partial charge in [0.25, 0.3) is 0 Å². The Morgan fingerprint density at radius 2 is 1.54 bits per heavy atom. The number of hydrogen-bond acceptors (Lipinski definition) is 5. The molecule has 2 aliphatic rings. The van der Waals surface area contributed by atoms with Crippen LogP contribution in [0.2, 0.25) is 5.02 Å². The number of aliphatic hydroxyl groups excluding tert-OH is 1. The second-order valence-electron chi connectivity index (χ2n) is 10.3. The molecule has 2 aliphatic heterocycles. The molecule has 0 radical (unpaired) electrons. The minimum atomic E-state index is -0.663. The lowest BCUT2D eigenvalue weighted by atomic mass is 9.96. The molecule has 5 nitrogen and oxygen atoms in total. The molecule has 1 fully saturated rings. The number of carbonyl (C=O) groups is 1. The highest BCUT2D eigenvalue weighted by Crippen LogP contribution is 2.46. The van der Waals surface area contributed by atoms with E-state index in [0.717, 1.165) is 63.6 Å². The molecule has 2 aromatic carbocycles. The molecule has 0 amide bonds. The summed E-state index contributed by atoms with van der Waals surface area (Å²) in [5.74, 6) is -0.663. The number of fused-ring (bicyclic) bond motifs is 2. The molecule has 7 heteroatoms. The normalized spacial score (nSPS) is 16.3. The van der Waals surface area contributed by atoms with Gasteiger partial charge in [-0.3, -0.25) is 9.69 Å². The third kappa shape index (κ3) is 10.9. The minimum Gasteiger partial charge on any atom is -0.481 e. The molecule has 0 saturated carbocycles. The molecule has 1 saturated heterocycles. The smallest absolute Gasteiger partial charge is 0.303 e. The summed E-state index contributed by atoms with van der Waals surface area (Å²) in [6.07, 6.45) is 12.1. The molecule has 0 spiro atoms. The highest BCUT2D eigenvalue weighted by Gasteiger charge is 2.21. The first-order valence-electron chi connectivity index (χ1n) is 14.6. The van der Waals surface area contributed by atoms with E-state index in [2.05, 4.69) is 59.2 Å². The van der Waals surface area contributed by atoms with Crippen molar-refractivity contribution in [2.75, 3.05) is 45.9 Å². The van der Waals surface area contributed by atoms with Crippen LogP contribution >= 0.6 is 23.4 Å². The lowest BCUT2D eigenvalue weighted by Crippen LogP contribution is -2.47. The summed E-state index contributed by atoms with van der Waals surface area (Å²) in [6, 6.07) is 14.8. The number of rotatable bonds is 13. The van der Waals surface area contributed by atoms with Crippen molar-refractivity contribution in [2.24, 2.45) is 0 Å². The topological polar surface area (TPSA) is 64.0 Å². The maximum Gasteiger partial charge on any atom is 0.303 e. The van der Waals surface area contributed by atoms with Crippen LogP contribution in [0.25, 0.3) is 5.57 Å². The number of unbranched alkanes of at least 4 members (excludes halogenated alkanes) is 6. The molecule has 2 N–H and O–H groups in total. The second kappa shape index (κ2) is 17.8. The van der Waals surface area contributed by atoms with Crippen LogP contribution < -0.4 is 0 Å². The molecule has 0 bridgehead atoms. The molecule has 214 valence electrons. The van der Waals surface area contributed by atoms with E-state index >= 15 is 0 Å². The predicted octanol–water partition coefficient (Wildman–Crippen LogP) is 7.45. The van der Waals surface area contributed by atoms with Crippen LogP contribution in [-0.4, -0.2) is 71.9 Å². The van der Waals surface area contributed by atoms with Crippen molar-refractivity contribution in [3.63, 3.8) is 0 Å². The van der Waals surface area contributed by atoms with E-state index in [4.69, 9.17) is 21.8 Å². The Kier molecular flexibility index (Phi) is 14.4. The van der Waals surface area contributed by atoms with Gasteiger partial charge in [0, 0.05) is 60.5 Å². The number of piperazine rings is 1. The van der Waals surface area contributed by atoms with Crippen molar-refractivity contribution in [1.29, 1.82) is 0 Å². The third-order valence-corrected chi connectivity index (χ3v) is 8.68. The van der Waals surface area contributed by atoms with E-state index in [-0.39, 0.29) is 6.61 Å². The standard InChI is InChI=1S/C22H25ClN2OS.C10H20O2/c23-17-7-8-22-20(16-17)18(19-4-1-2-6-21(19)27-22)5-3-9-24-10-12-25(13-11-24)14-15-26;1-2-3-4-5-6-7-8-9-10(11)12/h1-2,4-8,16,26H,3,9-15H2;2-9H2,1H3,(H,11,12)/b18-5-;. The molecule has 4 rings (SSSR count). The Balaban J connectivity index is 0.000000298. The SMILES string of the molecule is CCCCCCCCCC(=O)O.OCCN1CCN(CC/C=C2/c3ccccc3Sc3ccc(Cl)cc32)CC1. The predicted molar refractivity (Wildman–Crippen MR) is 164 cm³/mol. The molecular weight excluding hydrogens is 528 g/mol. The van der Waals surface area contributed by atoms with E-state index in [9.17, 15) is 4.79 Å². The number of nitrogens with zero attached hydrogens (tertiary/aromatic N) is 2. The van der Waals surface area contributed by atoms with Gasteiger partial charge >= 0.3 is 5.97 Å². The maximum atomic E-state index is 10.1. The van der Waals surface area contributed by atoms with E-state index in [1.807, 2.05) is 17.8 Å². The van der Waals surface area contributed by atoms with E-state index in [1.165, 1.54) is 58.6 Å². The van der Waals surface area contributed by atoms with Crippen LogP contribution in [0.3, 0.4) is 0 Å². The number of hydrogen-bond donors (Lipinski definition) is 2. The van der Waals surface area contributed by atoms with Crippen molar-refractivity contribution in [1.82, 2.24) is 9.80 Å². The molecule has 39 heavy (non-hydrogen) atoms. The lowest BCUT2D eigenvalue weighted by Gasteiger charge is -2.34. The lowest BCUT2D eigenvalue weighted by molar-refractivity contribution is -0.137. The van der Waals surface area contributed by atoms with Crippen LogP contribution in [0.1, 0.15) is 75.8 Å². The zero-order chi connectivity index (χ0) is 27.9. The highest BCUT2D eigenvalue weighted by atomic mass is 35.5. The zero-order valence-electron chi connectivity index (χ0n) is 23.4. The number of carboxylic acid groups (broad SMARTS) is 1. The summed E-state index contributed by atoms with van der Waals surface area (Å²) >= 11 is 8.12. The van der Waals surface area contributed by atoms with Crippen molar-refractivity contribution in [3.05, 3.63) is 64.7 Å². The van der Waals surface area contributed by atoms with Gasteiger partial charge in [0.1, 0.15) is 0 Å². The van der Waals surface area contributed by atoms with Crippen LogP contribution in [0.4, 0.5) is 0 Å². The first-order chi connectivity index (χ1) is 19.0. The van der Waals surface area contributed by atoms with Crippen LogP contribution in [0.15, 0.2) is 58.3 Å². The monoisotopic (exact) mass is 572 g/mol. The van der Waals surface area contributed by atoms with Crippen molar-refractivity contribution in [3.8, 4) is 0 Å². The zero-order valence-corrected chi connectivity index (χ0v) is 25.0. The molecule has 2 aromatic rings. The van der Waals surface area contributed by atoms with Crippen LogP contribution in [-0.2, 0) is 4.79 Å². The number of carboxylic acids is 1. The van der Waals surface area contributed by atoms with Gasteiger partial charge in [0.2, 0.25) is 0 Å². The Labute approximate surface area is 244 Å². The first kappa shape index (κ1) is 31.7. The quantitative estimate of drug-likeness (QED) is 0.207. The Bertz CT molecular complexity index is 1050. The fraction of sp³-hybridized carbons (Fsp3) is 0.531. The molecule has 0 unspecified atom stereocenters. The van der Waals surface area contributed by atoms with Gasteiger partial charge in [0.05, 0.1) is 6.61 Å². The third-order valence-electron chi connectivity index (χ3n) is 7.30. The number of β-amino-alcohol motifs (C(OH)–C–C–N with tert-alkyl or cyclic N) is 1. The summed E-state index contributed by atoms with van der Waals surface area (Å²) in [5.41, 5.74) is 3.87. The van der Waals surface area contributed by atoms with Gasteiger partial charge in [-0.25, -0.2) is 0 Å². The van der Waals surface area contributed by atoms with E-state index < -0.39 is 5.97 Å². The summed E-state index contributed by atoms with van der Waals surface area (Å²) in [6.45, 7) is 8.58. The summed E-state index contributed by atoms with van der Waals surface area (Å²) < 4.78 is 0. The first-order valence-corrected chi connectivity index (χ1v) is 15.8. The fourth-order valence-electron chi connectivity index (χ4n) is 5.07. The van der Waals surface area contributed by atoms with Gasteiger partial charge < -0.3 is 15.1 Å². The summed E-state index contributed by atoms with van der Waals surface area (Å²) in [4.78, 5) is 17.6. The van der Waals surface area contributed by atoms with Gasteiger partial charge in [-0.2, -0.15) is 0 Å². The van der Waals surface area contributed by atoms with Gasteiger partial charge in [-0.15, -0.1) is 0 Å². The Morgan fingerprint density at radius 1 is 0.897 bits per heavy atom. The average molecular weight is 573 g/mol. The van der Waals surface area contributed by atoms with Crippen molar-refractivity contribution in [2.45, 2.75) is 74.5 Å². The second-order valence-corrected chi connectivity index (χ2v) is 11.8. The molecule has 0 aliphatic carbocycles. The number of benzene rings is 2. The molecular formula is C32H45ClN2O3S. The number of halogens is 1. The maximum absolute atomic E-state index is 10.1. The summed E-state index contributed by atoms with van der Waals surface area (Å²) in [5, 5.41) is 18.2. The van der Waals surface area contributed by atoms with Gasteiger partial charge in [-0.05, 0) is 53.8 Å². The molecule has 2 heterocycles. The fourth-order valence-corrected chi connectivity index (χ4v) is 6.32. The van der Waals surface area contributed by atoms with Crippen LogP contribution in [0, 0.1) is 0 Å². The minimum absolute atomic E-state index is 0.255. The Hall–Kier alpha value is -1.83. The highest BCUT2D eigenvalue weighted by molar-refractivity contribution is 7.99. The average Bonchev–Trinajstić information content (AvgIpc) is 2.94. The number of aliphatic carboxylic acids is 1. The number of aliphatic hydroxyl groups is 1. The summed E-state index contributed by atoms with van der Waals surface area (Å²) in [7, 11) is 0. The van der Waals surface area contributed by atoms with E-state index in [0.29, 0.717) is 6.42 Å². The van der Waals surface area contributed by atoms with Crippen molar-refractivity contribution < 1.29 is 15.0 Å². The molecule has 0 aromatic heterocycles. The van der Waals surface area contributed by atoms with E-state index in [1.54, 1.807) is 0 Å². The molecule has 0 atom stereocenters. The Morgan fingerprint density at radius 3 is 2.23 bits per heavy atom.